The van der Waals surface area contributed by atoms with Crippen LogP contribution in [0.15, 0.2) is 81.4 Å². The van der Waals surface area contributed by atoms with Crippen LogP contribution in [-0.4, -0.2) is 32.0 Å². The van der Waals surface area contributed by atoms with E-state index in [0.717, 1.165) is 10.0 Å². The fourth-order valence-corrected chi connectivity index (χ4v) is 6.48. The molecule has 2 aromatic carbocycles. The predicted molar refractivity (Wildman–Crippen MR) is 149 cm³/mol. The number of halogens is 3. The van der Waals surface area contributed by atoms with Gasteiger partial charge in [0.05, 0.1) is 11.6 Å². The molecule has 4 aromatic rings. The lowest BCUT2D eigenvalue weighted by molar-refractivity contribution is -0.132. The Hall–Kier alpha value is -2.76. The maximum Gasteiger partial charge on any atom is 0.301 e. The molecule has 1 N–H and O–H groups in total. The van der Waals surface area contributed by atoms with Crippen LogP contribution in [-0.2, 0) is 15.3 Å². The zero-order valence-corrected chi connectivity index (χ0v) is 23.4. The first-order chi connectivity index (χ1) is 17.8. The first-order valence-corrected chi connectivity index (χ1v) is 14.1. The van der Waals surface area contributed by atoms with Crippen molar-refractivity contribution in [2.45, 2.75) is 16.1 Å². The number of nitrogens with zero attached hydrogens (tertiary/aromatic N) is 4. The second-order valence-electron chi connectivity index (χ2n) is 7.83. The number of Topliss-reactive ketones (excluding diaryl/α,β-unsaturated/α-hetero) is 1. The Morgan fingerprint density at radius 1 is 1.05 bits per heavy atom. The number of anilines is 1. The maximum atomic E-state index is 13.3. The second-order valence-corrected chi connectivity index (χ2v) is 11.8. The first-order valence-electron chi connectivity index (χ1n) is 10.7. The van der Waals surface area contributed by atoms with Gasteiger partial charge in [-0.15, -0.1) is 10.2 Å². The van der Waals surface area contributed by atoms with E-state index >= 15 is 0 Å². The Bertz CT molecular complexity index is 1530. The van der Waals surface area contributed by atoms with Gasteiger partial charge in [-0.25, -0.2) is 0 Å². The monoisotopic (exact) mass is 632 g/mol. The summed E-state index contributed by atoms with van der Waals surface area (Å²) in [5, 5.41) is 20.9. The minimum Gasteiger partial charge on any atom is -0.507 e. The number of rotatable bonds is 6. The van der Waals surface area contributed by atoms with E-state index in [1.165, 1.54) is 28.0 Å². The highest BCUT2D eigenvalue weighted by molar-refractivity contribution is 9.10. The van der Waals surface area contributed by atoms with Crippen molar-refractivity contribution in [2.75, 3.05) is 4.90 Å². The van der Waals surface area contributed by atoms with Crippen LogP contribution in [0.3, 0.4) is 0 Å². The quantitative estimate of drug-likeness (QED) is 0.0809. The molecule has 1 atom stereocenters. The van der Waals surface area contributed by atoms with E-state index in [1.54, 1.807) is 60.9 Å². The Kier molecular flexibility index (Phi) is 7.64. The molecule has 5 rings (SSSR count). The molecule has 12 heteroatoms. The number of amides is 1. The highest BCUT2D eigenvalue weighted by Crippen LogP contribution is 2.44. The number of aliphatic hydroxyl groups is 1. The Morgan fingerprint density at radius 2 is 1.78 bits per heavy atom. The van der Waals surface area contributed by atoms with Gasteiger partial charge in [-0.1, -0.05) is 80.4 Å². The summed E-state index contributed by atoms with van der Waals surface area (Å²) in [5.41, 5.74) is 1.86. The molecule has 1 amide bonds. The summed E-state index contributed by atoms with van der Waals surface area (Å²) in [6.07, 6.45) is 3.12. The average molecular weight is 634 g/mol. The van der Waals surface area contributed by atoms with Crippen LogP contribution in [0.4, 0.5) is 5.13 Å². The van der Waals surface area contributed by atoms with Gasteiger partial charge in [-0.2, -0.15) is 0 Å². The van der Waals surface area contributed by atoms with Gasteiger partial charge in [0.25, 0.3) is 5.78 Å². The summed E-state index contributed by atoms with van der Waals surface area (Å²) in [6.45, 7) is 0. The third-order valence-corrected chi connectivity index (χ3v) is 8.77. The minimum atomic E-state index is -0.900. The molecule has 1 fully saturated rings. The van der Waals surface area contributed by atoms with Crippen LogP contribution in [0.5, 0.6) is 0 Å². The Balaban J connectivity index is 1.51. The van der Waals surface area contributed by atoms with E-state index in [9.17, 15) is 14.7 Å². The number of aliphatic hydroxyl groups excluding tert-OH is 1. The number of carbonyl (C=O) groups is 2. The van der Waals surface area contributed by atoms with Crippen molar-refractivity contribution in [3.63, 3.8) is 0 Å². The molecule has 0 radical (unpaired) electrons. The van der Waals surface area contributed by atoms with E-state index in [4.69, 9.17) is 23.2 Å². The smallest absolute Gasteiger partial charge is 0.301 e. The molecule has 1 aliphatic heterocycles. The fourth-order valence-electron chi connectivity index (χ4n) is 3.79. The van der Waals surface area contributed by atoms with E-state index in [2.05, 4.69) is 31.1 Å². The number of hydrogen-bond acceptors (Lipinski definition) is 8. The molecule has 1 unspecified atom stereocenters. The molecule has 186 valence electrons. The number of pyridine rings is 1. The summed E-state index contributed by atoms with van der Waals surface area (Å²) in [5.74, 6) is -1.36. The van der Waals surface area contributed by atoms with Crippen LogP contribution in [0, 0.1) is 0 Å². The average Bonchev–Trinajstić information content (AvgIpc) is 3.46. The van der Waals surface area contributed by atoms with Crippen LogP contribution in [0.1, 0.15) is 22.7 Å². The Morgan fingerprint density at radius 3 is 2.49 bits per heavy atom. The summed E-state index contributed by atoms with van der Waals surface area (Å²) >= 11 is 18.2. The zero-order valence-electron chi connectivity index (χ0n) is 18.6. The van der Waals surface area contributed by atoms with Crippen molar-refractivity contribution in [1.82, 2.24) is 15.2 Å². The summed E-state index contributed by atoms with van der Waals surface area (Å²) in [4.78, 5) is 31.8. The SMILES string of the molecule is O=C1C(=O)N(c2nnc(SCc3ccc(Cl)cc3Cl)s2)C(c2ccncc2)/C1=C(/O)c1ccc(Br)cc1. The number of hydrogen-bond donors (Lipinski definition) is 1. The van der Waals surface area contributed by atoms with Crippen molar-refractivity contribution in [3.05, 3.63) is 104 Å². The van der Waals surface area contributed by atoms with Crippen molar-refractivity contribution in [3.8, 4) is 0 Å². The predicted octanol–water partition coefficient (Wildman–Crippen LogP) is 6.92. The number of thioether (sulfide) groups is 1. The summed E-state index contributed by atoms with van der Waals surface area (Å²) in [6, 6.07) is 14.6. The van der Waals surface area contributed by atoms with Gasteiger partial charge in [-0.3, -0.25) is 19.5 Å². The molecule has 1 saturated heterocycles. The first kappa shape index (κ1) is 25.9. The van der Waals surface area contributed by atoms with Gasteiger partial charge in [0.2, 0.25) is 5.13 Å². The van der Waals surface area contributed by atoms with E-state index < -0.39 is 17.7 Å². The Labute approximate surface area is 238 Å². The molecule has 0 saturated carbocycles. The molecule has 0 spiro atoms. The number of aromatic nitrogens is 3. The third kappa shape index (κ3) is 5.30. The van der Waals surface area contributed by atoms with Gasteiger partial charge in [0, 0.05) is 38.2 Å². The molecule has 37 heavy (non-hydrogen) atoms. The molecular formula is C25H15BrCl2N4O3S2. The van der Waals surface area contributed by atoms with Crippen LogP contribution in [0.25, 0.3) is 5.76 Å². The molecule has 2 aromatic heterocycles. The lowest BCUT2D eigenvalue weighted by atomic mass is 9.96. The zero-order chi connectivity index (χ0) is 26.1. The van der Waals surface area contributed by atoms with Crippen molar-refractivity contribution >= 4 is 84.8 Å². The largest absolute Gasteiger partial charge is 0.507 e. The third-order valence-electron chi connectivity index (χ3n) is 5.55. The van der Waals surface area contributed by atoms with E-state index in [0.29, 0.717) is 31.3 Å². The van der Waals surface area contributed by atoms with Gasteiger partial charge in [0.1, 0.15) is 5.76 Å². The highest BCUT2D eigenvalue weighted by atomic mass is 79.9. The van der Waals surface area contributed by atoms with Gasteiger partial charge in [-0.05, 0) is 47.5 Å². The van der Waals surface area contributed by atoms with Crippen molar-refractivity contribution in [1.29, 1.82) is 0 Å². The lowest BCUT2D eigenvalue weighted by Gasteiger charge is -2.22. The molecule has 0 bridgehead atoms. The molecular weight excluding hydrogens is 619 g/mol. The standard InChI is InChI=1S/C25H15BrCl2N4O3S2/c26-16-4-1-14(2-5-16)21(33)19-20(13-7-9-29-10-8-13)32(23(35)22(19)34)24-30-31-25(37-24)36-12-15-3-6-17(27)11-18(15)28/h1-11,20,33H,12H2/b21-19-. The van der Waals surface area contributed by atoms with Crippen LogP contribution in [0.2, 0.25) is 10.0 Å². The van der Waals surface area contributed by atoms with E-state index in [-0.39, 0.29) is 16.5 Å². The summed E-state index contributed by atoms with van der Waals surface area (Å²) < 4.78 is 1.40. The highest BCUT2D eigenvalue weighted by Gasteiger charge is 2.48. The normalized spacial score (nSPS) is 16.9. The minimum absolute atomic E-state index is 0.0316. The van der Waals surface area contributed by atoms with Gasteiger partial charge in [0.15, 0.2) is 4.34 Å². The van der Waals surface area contributed by atoms with Gasteiger partial charge < -0.3 is 5.11 Å². The number of benzene rings is 2. The molecule has 1 aliphatic rings. The lowest BCUT2D eigenvalue weighted by Crippen LogP contribution is -2.29. The number of carbonyl (C=O) groups excluding carboxylic acids is 2. The topological polar surface area (TPSA) is 96.3 Å². The second kappa shape index (κ2) is 10.9. The van der Waals surface area contributed by atoms with Crippen molar-refractivity contribution in [2.24, 2.45) is 0 Å². The van der Waals surface area contributed by atoms with Crippen LogP contribution < -0.4 is 4.90 Å². The van der Waals surface area contributed by atoms with Crippen LogP contribution >= 0.6 is 62.2 Å². The molecule has 7 nitrogen and oxygen atoms in total. The number of ketones is 1. The molecule has 0 aliphatic carbocycles. The van der Waals surface area contributed by atoms with Crippen molar-refractivity contribution < 1.29 is 14.7 Å². The van der Waals surface area contributed by atoms with Gasteiger partial charge >= 0.3 is 5.91 Å². The molecule has 3 heterocycles. The fraction of sp³-hybridized carbons (Fsp3) is 0.0800. The maximum absolute atomic E-state index is 13.3. The summed E-state index contributed by atoms with van der Waals surface area (Å²) in [7, 11) is 0. The van der Waals surface area contributed by atoms with E-state index in [1.807, 2.05) is 6.07 Å².